The second-order valence-electron chi connectivity index (χ2n) is 7.44. The molecule has 2 aliphatic rings. The fraction of sp³-hybridized carbons (Fsp3) is 0.409. The zero-order valence-corrected chi connectivity index (χ0v) is 16.5. The van der Waals surface area contributed by atoms with E-state index < -0.39 is 5.79 Å². The van der Waals surface area contributed by atoms with Crippen molar-refractivity contribution in [2.24, 2.45) is 0 Å². The van der Waals surface area contributed by atoms with Crippen LogP contribution in [0.1, 0.15) is 52.2 Å². The zero-order chi connectivity index (χ0) is 20.3. The number of carbonyl (C=O) groups excluding carboxylic acids is 2. The lowest BCUT2D eigenvalue weighted by Gasteiger charge is -2.37. The van der Waals surface area contributed by atoms with Gasteiger partial charge in [0.2, 0.25) is 0 Å². The summed E-state index contributed by atoms with van der Waals surface area (Å²) in [5.74, 6) is -0.939. The van der Waals surface area contributed by atoms with Crippen molar-refractivity contribution in [1.82, 2.24) is 15.2 Å². The van der Waals surface area contributed by atoms with Gasteiger partial charge in [0.05, 0.1) is 19.3 Å². The maximum Gasteiger partial charge on any atom is 0.272 e. The number of rotatable bonds is 4. The molecule has 2 amide bonds. The van der Waals surface area contributed by atoms with Crippen LogP contribution < -0.4 is 5.32 Å². The van der Waals surface area contributed by atoms with E-state index in [-0.39, 0.29) is 23.6 Å². The molecule has 4 rings (SSSR count). The smallest absolute Gasteiger partial charge is 0.272 e. The van der Waals surface area contributed by atoms with Gasteiger partial charge in [0.15, 0.2) is 5.79 Å². The molecule has 0 aliphatic carbocycles. The number of pyridine rings is 1. The third-order valence-electron chi connectivity index (χ3n) is 5.51. The van der Waals surface area contributed by atoms with Gasteiger partial charge in [-0.15, -0.1) is 0 Å². The first-order chi connectivity index (χ1) is 14.1. The summed E-state index contributed by atoms with van der Waals surface area (Å²) in [6, 6.07) is 12.8. The number of likely N-dealkylation sites (tertiary alicyclic amines) is 1. The molecule has 1 unspecified atom stereocenters. The van der Waals surface area contributed by atoms with Crippen molar-refractivity contribution in [3.63, 3.8) is 0 Å². The Morgan fingerprint density at radius 2 is 1.79 bits per heavy atom. The van der Waals surface area contributed by atoms with Crippen LogP contribution in [0.3, 0.4) is 0 Å². The average molecular weight is 395 g/mol. The molecule has 1 atom stereocenters. The fourth-order valence-electron chi connectivity index (χ4n) is 3.79. The van der Waals surface area contributed by atoms with E-state index in [1.165, 1.54) is 6.20 Å². The van der Waals surface area contributed by atoms with Crippen LogP contribution in [0.5, 0.6) is 0 Å². The van der Waals surface area contributed by atoms with E-state index in [2.05, 4.69) is 10.3 Å². The van der Waals surface area contributed by atoms with Crippen LogP contribution in [-0.2, 0) is 9.47 Å². The number of piperidine rings is 1. The molecule has 2 aliphatic heterocycles. The van der Waals surface area contributed by atoms with Crippen LogP contribution in [0.4, 0.5) is 0 Å². The monoisotopic (exact) mass is 395 g/mol. The molecule has 1 spiro atoms. The van der Waals surface area contributed by atoms with Crippen LogP contribution in [0, 0.1) is 0 Å². The third kappa shape index (κ3) is 4.31. The van der Waals surface area contributed by atoms with Gasteiger partial charge in [0.1, 0.15) is 5.69 Å². The van der Waals surface area contributed by atoms with Gasteiger partial charge in [-0.2, -0.15) is 0 Å². The highest BCUT2D eigenvalue weighted by atomic mass is 16.7. The van der Waals surface area contributed by atoms with E-state index in [9.17, 15) is 9.59 Å². The van der Waals surface area contributed by atoms with E-state index in [1.807, 2.05) is 37.3 Å². The number of hydrogen-bond donors (Lipinski definition) is 1. The molecule has 1 aromatic heterocycles. The third-order valence-corrected chi connectivity index (χ3v) is 5.51. The van der Waals surface area contributed by atoms with Crippen molar-refractivity contribution in [1.29, 1.82) is 0 Å². The number of benzene rings is 1. The maximum absolute atomic E-state index is 12.9. The Morgan fingerprint density at radius 1 is 1.10 bits per heavy atom. The summed E-state index contributed by atoms with van der Waals surface area (Å²) < 4.78 is 11.4. The van der Waals surface area contributed by atoms with E-state index in [4.69, 9.17) is 9.47 Å². The van der Waals surface area contributed by atoms with Crippen molar-refractivity contribution >= 4 is 11.8 Å². The van der Waals surface area contributed by atoms with Gasteiger partial charge in [0, 0.05) is 37.7 Å². The second-order valence-corrected chi connectivity index (χ2v) is 7.44. The molecule has 7 nitrogen and oxygen atoms in total. The molecule has 7 heteroatoms. The molecule has 2 fully saturated rings. The molecule has 1 N–H and O–H groups in total. The number of carbonyl (C=O) groups is 2. The first-order valence-electron chi connectivity index (χ1n) is 9.95. The number of nitrogens with one attached hydrogen (secondary N) is 1. The number of nitrogens with zero attached hydrogens (tertiary/aromatic N) is 2. The molecule has 2 saturated heterocycles. The van der Waals surface area contributed by atoms with Gasteiger partial charge in [-0.25, -0.2) is 0 Å². The Labute approximate surface area is 170 Å². The van der Waals surface area contributed by atoms with Crippen LogP contribution in [0.15, 0.2) is 48.7 Å². The molecule has 152 valence electrons. The Morgan fingerprint density at radius 3 is 2.48 bits per heavy atom. The van der Waals surface area contributed by atoms with Crippen molar-refractivity contribution in [3.8, 4) is 0 Å². The minimum absolute atomic E-state index is 0.138. The van der Waals surface area contributed by atoms with Crippen LogP contribution in [0.2, 0.25) is 0 Å². The second kappa shape index (κ2) is 8.31. The van der Waals surface area contributed by atoms with E-state index >= 15 is 0 Å². The molecule has 2 aromatic rings. The first kappa shape index (κ1) is 19.5. The maximum atomic E-state index is 12.9. The Bertz CT molecular complexity index is 871. The fourth-order valence-corrected chi connectivity index (χ4v) is 3.79. The summed E-state index contributed by atoms with van der Waals surface area (Å²) in [6.45, 7) is 4.23. The molecular formula is C22H25N3O4. The lowest BCUT2D eigenvalue weighted by molar-refractivity contribution is -0.181. The lowest BCUT2D eigenvalue weighted by atomic mass is 10.0. The molecule has 0 saturated carbocycles. The Balaban J connectivity index is 1.40. The predicted molar refractivity (Wildman–Crippen MR) is 106 cm³/mol. The summed E-state index contributed by atoms with van der Waals surface area (Å²) in [4.78, 5) is 31.5. The van der Waals surface area contributed by atoms with Crippen molar-refractivity contribution < 1.29 is 19.1 Å². The van der Waals surface area contributed by atoms with Gasteiger partial charge in [0.25, 0.3) is 11.8 Å². The number of aromatic nitrogens is 1. The van der Waals surface area contributed by atoms with Gasteiger partial charge in [-0.05, 0) is 24.6 Å². The standard InChI is InChI=1S/C22H25N3O4/c1-16(17-5-3-2-4-6-17)24-20(26)18-7-10-23-19(15-18)21(27)25-11-8-22(9-12-25)28-13-14-29-22/h2-7,10,15-16H,8-9,11-14H2,1H3,(H,24,26). The summed E-state index contributed by atoms with van der Waals surface area (Å²) in [6.07, 6.45) is 2.80. The molecular weight excluding hydrogens is 370 g/mol. The van der Waals surface area contributed by atoms with Gasteiger partial charge in [-0.1, -0.05) is 30.3 Å². The summed E-state index contributed by atoms with van der Waals surface area (Å²) >= 11 is 0. The molecule has 1 aromatic carbocycles. The van der Waals surface area contributed by atoms with Gasteiger partial charge >= 0.3 is 0 Å². The topological polar surface area (TPSA) is 80.8 Å². The summed E-state index contributed by atoms with van der Waals surface area (Å²) in [7, 11) is 0. The van der Waals surface area contributed by atoms with Crippen LogP contribution >= 0.6 is 0 Å². The average Bonchev–Trinajstić information content (AvgIpc) is 3.22. The van der Waals surface area contributed by atoms with E-state index in [0.717, 1.165) is 5.56 Å². The summed E-state index contributed by atoms with van der Waals surface area (Å²) in [5.41, 5.74) is 1.71. The Kier molecular flexibility index (Phi) is 5.60. The molecule has 0 radical (unpaired) electrons. The van der Waals surface area contributed by atoms with Gasteiger partial charge in [-0.3, -0.25) is 14.6 Å². The lowest BCUT2D eigenvalue weighted by Crippen LogP contribution is -2.47. The van der Waals surface area contributed by atoms with Crippen molar-refractivity contribution in [2.45, 2.75) is 31.6 Å². The van der Waals surface area contributed by atoms with Crippen molar-refractivity contribution in [3.05, 3.63) is 65.5 Å². The quantitative estimate of drug-likeness (QED) is 0.861. The number of hydrogen-bond acceptors (Lipinski definition) is 5. The van der Waals surface area contributed by atoms with Crippen molar-refractivity contribution in [2.75, 3.05) is 26.3 Å². The highest BCUT2D eigenvalue weighted by Crippen LogP contribution is 2.31. The molecule has 0 bridgehead atoms. The van der Waals surface area contributed by atoms with E-state index in [1.54, 1.807) is 17.0 Å². The highest BCUT2D eigenvalue weighted by Gasteiger charge is 2.41. The predicted octanol–water partition coefficient (Wildman–Crippen LogP) is 2.55. The SMILES string of the molecule is CC(NC(=O)c1ccnc(C(=O)N2CCC3(CC2)OCCO3)c1)c1ccccc1. The van der Waals surface area contributed by atoms with Gasteiger partial charge < -0.3 is 19.7 Å². The highest BCUT2D eigenvalue weighted by molar-refractivity contribution is 5.98. The normalized spacial score (nSPS) is 19.1. The zero-order valence-electron chi connectivity index (χ0n) is 16.5. The number of ether oxygens (including phenoxy) is 2. The van der Waals surface area contributed by atoms with Crippen LogP contribution in [0.25, 0.3) is 0 Å². The summed E-state index contributed by atoms with van der Waals surface area (Å²) in [5, 5.41) is 2.97. The molecule has 3 heterocycles. The van der Waals surface area contributed by atoms with Crippen LogP contribution in [-0.4, -0.2) is 53.8 Å². The Hall–Kier alpha value is -2.77. The first-order valence-corrected chi connectivity index (χ1v) is 9.95. The largest absolute Gasteiger partial charge is 0.347 e. The molecule has 29 heavy (non-hydrogen) atoms. The minimum atomic E-state index is -0.528. The van der Waals surface area contributed by atoms with E-state index in [0.29, 0.717) is 44.7 Å². The number of amides is 2. The minimum Gasteiger partial charge on any atom is -0.347 e.